The van der Waals surface area contributed by atoms with Crippen molar-refractivity contribution in [2.75, 3.05) is 6.26 Å². The second kappa shape index (κ2) is 5.44. The van der Waals surface area contributed by atoms with Crippen molar-refractivity contribution in [1.82, 2.24) is 0 Å². The lowest BCUT2D eigenvalue weighted by Crippen LogP contribution is -1.84. The van der Waals surface area contributed by atoms with Crippen LogP contribution in [0.1, 0.15) is 5.56 Å². The van der Waals surface area contributed by atoms with E-state index in [-0.39, 0.29) is 0 Å². The Labute approximate surface area is 107 Å². The Bertz CT molecular complexity index is 512. The summed E-state index contributed by atoms with van der Waals surface area (Å²) in [5, 5.41) is 11.2. The molecule has 16 heavy (non-hydrogen) atoms. The molecule has 0 saturated heterocycles. The van der Waals surface area contributed by atoms with E-state index in [1.807, 2.05) is 35.9 Å². The van der Waals surface area contributed by atoms with E-state index < -0.39 is 0 Å². The maximum atomic E-state index is 9.19. The van der Waals surface area contributed by atoms with Crippen LogP contribution in [-0.2, 0) is 0 Å². The van der Waals surface area contributed by atoms with Gasteiger partial charge < -0.3 is 0 Å². The standard InChI is InChI=1S/C12H9NS3/c1-14-10-4-2-5-11(9(10)8-13)16-12-6-3-7-15-12/h2-7H,1H3. The summed E-state index contributed by atoms with van der Waals surface area (Å²) in [7, 11) is 0. The van der Waals surface area contributed by atoms with Crippen LogP contribution in [0.4, 0.5) is 0 Å². The van der Waals surface area contributed by atoms with E-state index in [1.54, 1.807) is 34.9 Å². The maximum absolute atomic E-state index is 9.19. The van der Waals surface area contributed by atoms with Gasteiger partial charge in [-0.25, -0.2) is 0 Å². The van der Waals surface area contributed by atoms with E-state index in [9.17, 15) is 5.26 Å². The Balaban J connectivity index is 2.38. The van der Waals surface area contributed by atoms with Crippen LogP contribution in [-0.4, -0.2) is 6.26 Å². The number of benzene rings is 1. The lowest BCUT2D eigenvalue weighted by Gasteiger charge is -2.05. The van der Waals surface area contributed by atoms with Gasteiger partial charge in [-0.05, 0) is 29.8 Å². The third-order valence-corrected chi connectivity index (χ3v) is 4.90. The molecule has 2 rings (SSSR count). The molecule has 0 bridgehead atoms. The molecule has 1 aromatic heterocycles. The van der Waals surface area contributed by atoms with Crippen molar-refractivity contribution >= 4 is 34.9 Å². The van der Waals surface area contributed by atoms with Gasteiger partial charge in [-0.3, -0.25) is 0 Å². The highest BCUT2D eigenvalue weighted by molar-refractivity contribution is 8.01. The monoisotopic (exact) mass is 263 g/mol. The Hall–Kier alpha value is -0.890. The number of nitrogens with zero attached hydrogens (tertiary/aromatic N) is 1. The van der Waals surface area contributed by atoms with Crippen LogP contribution in [0.5, 0.6) is 0 Å². The number of hydrogen-bond acceptors (Lipinski definition) is 4. The van der Waals surface area contributed by atoms with Gasteiger partial charge in [0, 0.05) is 9.79 Å². The number of rotatable bonds is 3. The van der Waals surface area contributed by atoms with Crippen molar-refractivity contribution < 1.29 is 0 Å². The minimum Gasteiger partial charge on any atom is -0.192 e. The van der Waals surface area contributed by atoms with E-state index >= 15 is 0 Å². The molecule has 0 spiro atoms. The SMILES string of the molecule is CSc1cccc(Sc2cccs2)c1C#N. The van der Waals surface area contributed by atoms with Crippen LogP contribution in [0.2, 0.25) is 0 Å². The Morgan fingerprint density at radius 3 is 2.62 bits per heavy atom. The normalized spacial score (nSPS) is 10.0. The smallest absolute Gasteiger partial charge is 0.101 e. The molecule has 80 valence electrons. The van der Waals surface area contributed by atoms with E-state index in [2.05, 4.69) is 12.1 Å². The fourth-order valence-corrected chi connectivity index (χ4v) is 3.79. The van der Waals surface area contributed by atoms with Gasteiger partial charge in [0.05, 0.1) is 9.77 Å². The van der Waals surface area contributed by atoms with Gasteiger partial charge in [-0.1, -0.05) is 23.9 Å². The quantitative estimate of drug-likeness (QED) is 0.762. The highest BCUT2D eigenvalue weighted by Gasteiger charge is 2.08. The van der Waals surface area contributed by atoms with Gasteiger partial charge in [-0.2, -0.15) is 5.26 Å². The summed E-state index contributed by atoms with van der Waals surface area (Å²) in [6, 6.07) is 12.4. The van der Waals surface area contributed by atoms with Crippen molar-refractivity contribution in [3.63, 3.8) is 0 Å². The molecule has 0 aliphatic rings. The molecule has 0 atom stereocenters. The molecule has 4 heteroatoms. The third-order valence-electron chi connectivity index (χ3n) is 2.03. The Morgan fingerprint density at radius 1 is 1.19 bits per heavy atom. The van der Waals surface area contributed by atoms with E-state index in [0.717, 1.165) is 15.4 Å². The Kier molecular flexibility index (Phi) is 3.94. The average molecular weight is 263 g/mol. The molecule has 0 N–H and O–H groups in total. The lowest BCUT2D eigenvalue weighted by molar-refractivity contribution is 1.26. The summed E-state index contributed by atoms with van der Waals surface area (Å²) in [5.74, 6) is 0. The number of nitriles is 1. The summed E-state index contributed by atoms with van der Waals surface area (Å²) in [6.45, 7) is 0. The fraction of sp³-hybridized carbons (Fsp3) is 0.0833. The average Bonchev–Trinajstić information content (AvgIpc) is 2.81. The molecule has 0 radical (unpaired) electrons. The van der Waals surface area contributed by atoms with Crippen LogP contribution in [0.25, 0.3) is 0 Å². The molecular weight excluding hydrogens is 254 g/mol. The fourth-order valence-electron chi connectivity index (χ4n) is 1.31. The molecule has 2 aromatic rings. The van der Waals surface area contributed by atoms with E-state index in [0.29, 0.717) is 0 Å². The summed E-state index contributed by atoms with van der Waals surface area (Å²) >= 11 is 4.97. The van der Waals surface area contributed by atoms with Crippen LogP contribution < -0.4 is 0 Å². The van der Waals surface area contributed by atoms with Crippen LogP contribution >= 0.6 is 34.9 Å². The zero-order valence-corrected chi connectivity index (χ0v) is 11.1. The molecule has 0 fully saturated rings. The first kappa shape index (κ1) is 11.6. The van der Waals surface area contributed by atoms with Crippen molar-refractivity contribution in [2.45, 2.75) is 14.0 Å². The summed E-state index contributed by atoms with van der Waals surface area (Å²) in [6.07, 6.45) is 2.00. The molecule has 1 aromatic carbocycles. The summed E-state index contributed by atoms with van der Waals surface area (Å²) in [5.41, 5.74) is 0.786. The maximum Gasteiger partial charge on any atom is 0.101 e. The first-order valence-corrected chi connectivity index (χ1v) is 7.55. The lowest BCUT2D eigenvalue weighted by atomic mass is 10.2. The molecule has 0 saturated carbocycles. The zero-order valence-electron chi connectivity index (χ0n) is 8.64. The highest BCUT2D eigenvalue weighted by Crippen LogP contribution is 2.36. The zero-order chi connectivity index (χ0) is 11.4. The molecule has 1 heterocycles. The number of thioether (sulfide) groups is 1. The molecule has 0 unspecified atom stereocenters. The predicted molar refractivity (Wildman–Crippen MR) is 71.4 cm³/mol. The third kappa shape index (κ3) is 2.43. The van der Waals surface area contributed by atoms with Gasteiger partial charge in [0.2, 0.25) is 0 Å². The number of thiophene rings is 1. The molecule has 0 amide bonds. The summed E-state index contributed by atoms with van der Waals surface area (Å²) < 4.78 is 1.22. The first-order chi connectivity index (χ1) is 7.85. The molecular formula is C12H9NS3. The van der Waals surface area contributed by atoms with Gasteiger partial charge in [-0.15, -0.1) is 23.1 Å². The molecule has 1 nitrogen and oxygen atoms in total. The van der Waals surface area contributed by atoms with Crippen molar-refractivity contribution in [2.24, 2.45) is 0 Å². The predicted octanol–water partition coefficient (Wildman–Crippen LogP) is 4.49. The van der Waals surface area contributed by atoms with E-state index in [1.165, 1.54) is 4.21 Å². The second-order valence-corrected chi connectivity index (χ2v) is 6.12. The van der Waals surface area contributed by atoms with Crippen molar-refractivity contribution in [3.05, 3.63) is 41.3 Å². The minimum atomic E-state index is 0.786. The van der Waals surface area contributed by atoms with Crippen LogP contribution in [0.15, 0.2) is 49.7 Å². The molecule has 0 aliphatic carbocycles. The van der Waals surface area contributed by atoms with Gasteiger partial charge in [0.25, 0.3) is 0 Å². The molecule has 0 aliphatic heterocycles. The van der Waals surface area contributed by atoms with Crippen LogP contribution in [0, 0.1) is 11.3 Å². The Morgan fingerprint density at radius 2 is 2.00 bits per heavy atom. The minimum absolute atomic E-state index is 0.786. The second-order valence-electron chi connectivity index (χ2n) is 2.98. The highest BCUT2D eigenvalue weighted by atomic mass is 32.2. The van der Waals surface area contributed by atoms with Crippen molar-refractivity contribution in [1.29, 1.82) is 5.26 Å². The van der Waals surface area contributed by atoms with Crippen molar-refractivity contribution in [3.8, 4) is 6.07 Å². The van der Waals surface area contributed by atoms with Gasteiger partial charge >= 0.3 is 0 Å². The summed E-state index contributed by atoms with van der Waals surface area (Å²) in [4.78, 5) is 2.08. The van der Waals surface area contributed by atoms with Gasteiger partial charge in [0.15, 0.2) is 0 Å². The van der Waals surface area contributed by atoms with Crippen LogP contribution in [0.3, 0.4) is 0 Å². The van der Waals surface area contributed by atoms with Gasteiger partial charge in [0.1, 0.15) is 6.07 Å². The number of hydrogen-bond donors (Lipinski definition) is 0. The van der Waals surface area contributed by atoms with E-state index in [4.69, 9.17) is 0 Å². The largest absolute Gasteiger partial charge is 0.192 e. The first-order valence-electron chi connectivity index (χ1n) is 4.63. The topological polar surface area (TPSA) is 23.8 Å².